The molecule has 2 fully saturated rings. The highest BCUT2D eigenvalue weighted by molar-refractivity contribution is 6.30. The number of aliphatic hydroxyl groups is 1. The molecule has 37 heavy (non-hydrogen) atoms. The van der Waals surface area contributed by atoms with Gasteiger partial charge in [0.25, 0.3) is 0 Å². The highest BCUT2D eigenvalue weighted by Crippen LogP contribution is 2.42. The number of unbranched alkanes of at least 4 members (excludes halogenated alkanes) is 1. The van der Waals surface area contributed by atoms with Crippen LogP contribution in [0.2, 0.25) is 5.02 Å². The third-order valence-electron chi connectivity index (χ3n) is 8.10. The second-order valence-electron chi connectivity index (χ2n) is 10.9. The number of alkyl halides is 1. The van der Waals surface area contributed by atoms with Crippen LogP contribution in [-0.2, 0) is 10.3 Å². The summed E-state index contributed by atoms with van der Waals surface area (Å²) in [5.74, 6) is -0.981. The van der Waals surface area contributed by atoms with Gasteiger partial charge in [-0.15, -0.1) is 0 Å². The Morgan fingerprint density at radius 1 is 1.30 bits per heavy atom. The average Bonchev–Trinajstić information content (AvgIpc) is 2.88. The number of benzene rings is 1. The van der Waals surface area contributed by atoms with Crippen molar-refractivity contribution in [1.29, 1.82) is 0 Å². The van der Waals surface area contributed by atoms with Gasteiger partial charge < -0.3 is 25.4 Å². The summed E-state index contributed by atoms with van der Waals surface area (Å²) < 4.78 is 35.7. The molecule has 1 heterocycles. The van der Waals surface area contributed by atoms with Crippen LogP contribution in [0.5, 0.6) is 0 Å². The quantitative estimate of drug-likeness (QED) is 0.302. The molecule has 1 aliphatic carbocycles. The molecule has 9 heteroatoms. The number of amides is 2. The smallest absolute Gasteiger partial charge is 0.317 e. The number of rotatable bonds is 12. The lowest BCUT2D eigenvalue weighted by molar-refractivity contribution is -0.0588. The maximum Gasteiger partial charge on any atom is 0.317 e. The van der Waals surface area contributed by atoms with Gasteiger partial charge in [-0.25, -0.2) is 13.6 Å². The van der Waals surface area contributed by atoms with E-state index in [0.29, 0.717) is 58.2 Å². The van der Waals surface area contributed by atoms with Gasteiger partial charge in [0.1, 0.15) is 11.5 Å². The number of methoxy groups -OCH3 is 1. The van der Waals surface area contributed by atoms with Crippen molar-refractivity contribution < 1.29 is 23.4 Å². The Morgan fingerprint density at radius 2 is 2.05 bits per heavy atom. The van der Waals surface area contributed by atoms with E-state index in [9.17, 15) is 9.90 Å². The fourth-order valence-corrected chi connectivity index (χ4v) is 6.28. The predicted molar refractivity (Wildman–Crippen MR) is 143 cm³/mol. The van der Waals surface area contributed by atoms with Crippen molar-refractivity contribution in [3.63, 3.8) is 0 Å². The van der Waals surface area contributed by atoms with Crippen molar-refractivity contribution in [2.45, 2.75) is 87.9 Å². The molecule has 210 valence electrons. The van der Waals surface area contributed by atoms with Crippen LogP contribution in [0, 0.1) is 11.7 Å². The van der Waals surface area contributed by atoms with E-state index >= 15 is 8.78 Å². The number of halogens is 3. The number of hydrogen-bond acceptors (Lipinski definition) is 4. The molecule has 0 spiro atoms. The number of urea groups is 1. The summed E-state index contributed by atoms with van der Waals surface area (Å²) in [7, 11) is 3.42. The van der Waals surface area contributed by atoms with Crippen molar-refractivity contribution >= 4 is 17.6 Å². The Morgan fingerprint density at radius 3 is 2.76 bits per heavy atom. The van der Waals surface area contributed by atoms with E-state index in [1.165, 1.54) is 6.07 Å². The molecule has 1 aromatic rings. The Bertz CT molecular complexity index is 871. The van der Waals surface area contributed by atoms with Crippen LogP contribution in [0.3, 0.4) is 0 Å². The summed E-state index contributed by atoms with van der Waals surface area (Å²) in [6.45, 7) is 1.85. The zero-order valence-corrected chi connectivity index (χ0v) is 23.1. The van der Waals surface area contributed by atoms with Crippen LogP contribution in [0.25, 0.3) is 0 Å². The lowest BCUT2D eigenvalue weighted by Gasteiger charge is -2.43. The molecule has 1 aromatic carbocycles. The second-order valence-corrected chi connectivity index (χ2v) is 11.3. The molecule has 6 nitrogen and oxygen atoms in total. The van der Waals surface area contributed by atoms with Crippen LogP contribution >= 0.6 is 11.6 Å². The zero-order valence-electron chi connectivity index (χ0n) is 22.3. The van der Waals surface area contributed by atoms with Crippen molar-refractivity contribution in [3.8, 4) is 0 Å². The summed E-state index contributed by atoms with van der Waals surface area (Å²) in [5, 5.41) is 18.1. The van der Waals surface area contributed by atoms with Crippen molar-refractivity contribution in [2.75, 3.05) is 40.4 Å². The first-order chi connectivity index (χ1) is 17.7. The second kappa shape index (κ2) is 14.1. The SMILES string of the molecule is CNC[C@H](CC1(F)CCCCC1)NC(=O)N1CCC[C@@H]([C@@](O)(CCCCOC)c2cccc(Cl)c2F)C1. The summed E-state index contributed by atoms with van der Waals surface area (Å²) in [5.41, 5.74) is -2.55. The maximum atomic E-state index is 15.4. The molecule has 2 aliphatic rings. The highest BCUT2D eigenvalue weighted by atomic mass is 35.5. The molecule has 1 aliphatic heterocycles. The van der Waals surface area contributed by atoms with Gasteiger partial charge in [0.2, 0.25) is 0 Å². The summed E-state index contributed by atoms with van der Waals surface area (Å²) in [4.78, 5) is 15.0. The number of piperidine rings is 1. The standard InChI is InChI=1S/C28H44ClF2N3O3/c1-32-19-22(18-27(31)13-4-3-5-14-27)33-26(35)34-16-9-10-21(20-34)28(36,15-6-7-17-37-2)23-11-8-12-24(29)25(23)30/h8,11-12,21-22,32,36H,3-7,9-10,13-20H2,1-2H3,(H,33,35)/t21-,22+,28+/m1/s1. The normalized spacial score (nSPS) is 22.3. The third kappa shape index (κ3) is 8.01. The Kier molecular flexibility index (Phi) is 11.4. The highest BCUT2D eigenvalue weighted by Gasteiger charge is 2.43. The van der Waals surface area contributed by atoms with Crippen LogP contribution < -0.4 is 10.6 Å². The molecule has 2 amide bonds. The summed E-state index contributed by atoms with van der Waals surface area (Å²) in [6, 6.07) is 4.11. The first-order valence-corrected chi connectivity index (χ1v) is 14.1. The van der Waals surface area contributed by atoms with Gasteiger partial charge in [0.15, 0.2) is 0 Å². The summed E-state index contributed by atoms with van der Waals surface area (Å²) >= 11 is 6.08. The van der Waals surface area contributed by atoms with E-state index in [0.717, 1.165) is 25.7 Å². The number of likely N-dealkylation sites (N-methyl/N-ethyl adjacent to an activating group) is 1. The number of nitrogens with one attached hydrogen (secondary N) is 2. The number of likely N-dealkylation sites (tertiary alicyclic amines) is 1. The fourth-order valence-electron chi connectivity index (χ4n) is 6.11. The minimum absolute atomic E-state index is 0.0315. The van der Waals surface area contributed by atoms with Gasteiger partial charge in [0.05, 0.1) is 10.6 Å². The Labute approximate surface area is 225 Å². The van der Waals surface area contributed by atoms with E-state index in [2.05, 4.69) is 10.6 Å². The minimum atomic E-state index is -1.48. The number of hydrogen-bond donors (Lipinski definition) is 3. The molecule has 3 rings (SSSR count). The lowest BCUT2D eigenvalue weighted by atomic mass is 9.74. The number of carbonyl (C=O) groups excluding carboxylic acids is 1. The van der Waals surface area contributed by atoms with Crippen LogP contribution in [0.4, 0.5) is 13.6 Å². The van der Waals surface area contributed by atoms with E-state index in [1.807, 2.05) is 0 Å². The molecule has 1 saturated heterocycles. The molecule has 0 unspecified atom stereocenters. The molecule has 3 atom stereocenters. The van der Waals surface area contributed by atoms with Crippen molar-refractivity contribution in [2.24, 2.45) is 5.92 Å². The topological polar surface area (TPSA) is 73.8 Å². The molecule has 3 N–H and O–H groups in total. The maximum absolute atomic E-state index is 15.4. The molecule has 1 saturated carbocycles. The van der Waals surface area contributed by atoms with Gasteiger partial charge in [-0.2, -0.15) is 0 Å². The van der Waals surface area contributed by atoms with Gasteiger partial charge in [-0.05, 0) is 58.1 Å². The van der Waals surface area contributed by atoms with E-state index in [4.69, 9.17) is 16.3 Å². The monoisotopic (exact) mass is 543 g/mol. The third-order valence-corrected chi connectivity index (χ3v) is 8.39. The fraction of sp³-hybridized carbons (Fsp3) is 0.750. The lowest BCUT2D eigenvalue weighted by Crippen LogP contribution is -2.54. The Balaban J connectivity index is 1.74. The van der Waals surface area contributed by atoms with E-state index < -0.39 is 17.1 Å². The van der Waals surface area contributed by atoms with E-state index in [1.54, 1.807) is 31.2 Å². The largest absolute Gasteiger partial charge is 0.385 e. The molecular weight excluding hydrogens is 500 g/mol. The van der Waals surface area contributed by atoms with Crippen LogP contribution in [0.1, 0.15) is 76.2 Å². The van der Waals surface area contributed by atoms with Crippen molar-refractivity contribution in [1.82, 2.24) is 15.5 Å². The predicted octanol–water partition coefficient (Wildman–Crippen LogP) is 5.56. The van der Waals surface area contributed by atoms with Gasteiger partial charge in [0, 0.05) is 57.3 Å². The number of nitrogens with zero attached hydrogens (tertiary/aromatic N) is 1. The van der Waals surface area contributed by atoms with Crippen molar-refractivity contribution in [3.05, 3.63) is 34.6 Å². The van der Waals surface area contributed by atoms with Gasteiger partial charge in [-0.3, -0.25) is 0 Å². The minimum Gasteiger partial charge on any atom is -0.385 e. The summed E-state index contributed by atoms with van der Waals surface area (Å²) in [6.07, 6.45) is 7.23. The number of ether oxygens (including phenoxy) is 1. The van der Waals surface area contributed by atoms with Gasteiger partial charge >= 0.3 is 6.03 Å². The molecular formula is C28H44ClF2N3O3. The van der Waals surface area contributed by atoms with Crippen LogP contribution in [-0.4, -0.2) is 68.1 Å². The van der Waals surface area contributed by atoms with E-state index in [-0.39, 0.29) is 41.5 Å². The van der Waals surface area contributed by atoms with Crippen LogP contribution in [0.15, 0.2) is 18.2 Å². The Hall–Kier alpha value is -1.48. The first-order valence-electron chi connectivity index (χ1n) is 13.8. The first kappa shape index (κ1) is 30.1. The molecule has 0 bridgehead atoms. The van der Waals surface area contributed by atoms with Gasteiger partial charge in [-0.1, -0.05) is 43.0 Å². The average molecular weight is 544 g/mol. The molecule has 0 aromatic heterocycles. The zero-order chi connectivity index (χ0) is 26.9. The number of carbonyl (C=O) groups is 1. The molecule has 0 radical (unpaired) electrons.